The minimum Gasteiger partial charge on any atom is -0.341 e. The third-order valence-corrected chi connectivity index (χ3v) is 3.11. The lowest BCUT2D eigenvalue weighted by Crippen LogP contribution is -2.06. The van der Waals surface area contributed by atoms with Crippen molar-refractivity contribution in [2.75, 3.05) is 0 Å². The van der Waals surface area contributed by atoms with E-state index in [1.165, 1.54) is 0 Å². The van der Waals surface area contributed by atoms with Crippen LogP contribution in [0, 0.1) is 13.8 Å². The zero-order valence-electron chi connectivity index (χ0n) is 10.5. The second-order valence-electron chi connectivity index (χ2n) is 4.26. The van der Waals surface area contributed by atoms with E-state index in [0.29, 0.717) is 17.7 Å². The molecule has 0 saturated heterocycles. The summed E-state index contributed by atoms with van der Waals surface area (Å²) in [6, 6.07) is 11.0. The van der Waals surface area contributed by atoms with Gasteiger partial charge >= 0.3 is 0 Å². The molecule has 3 heteroatoms. The Balaban J connectivity index is 2.43. The van der Waals surface area contributed by atoms with Crippen molar-refractivity contribution in [1.29, 1.82) is 0 Å². The molecule has 1 aromatic heterocycles. The molecule has 92 valence electrons. The zero-order valence-corrected chi connectivity index (χ0v) is 10.5. The molecule has 2 rings (SSSR count). The Morgan fingerprint density at radius 1 is 1.22 bits per heavy atom. The van der Waals surface area contributed by atoms with Crippen molar-refractivity contribution in [3.8, 4) is 0 Å². The van der Waals surface area contributed by atoms with Gasteiger partial charge in [0, 0.05) is 22.5 Å². The van der Waals surface area contributed by atoms with E-state index in [0.717, 1.165) is 17.7 Å². The molecule has 0 aliphatic carbocycles. The van der Waals surface area contributed by atoms with Gasteiger partial charge in [-0.15, -0.1) is 0 Å². The summed E-state index contributed by atoms with van der Waals surface area (Å²) in [6.07, 6.45) is 0.844. The second-order valence-corrected chi connectivity index (χ2v) is 4.26. The van der Waals surface area contributed by atoms with Crippen LogP contribution in [-0.2, 0) is 11.3 Å². The Kier molecular flexibility index (Phi) is 3.42. The van der Waals surface area contributed by atoms with Gasteiger partial charge in [0.15, 0.2) is 5.78 Å². The molecule has 0 bridgehead atoms. The van der Waals surface area contributed by atoms with Gasteiger partial charge in [-0.2, -0.15) is 0 Å². The van der Waals surface area contributed by atoms with E-state index in [4.69, 9.17) is 0 Å². The number of carbonyl (C=O) groups is 2. The quantitative estimate of drug-likeness (QED) is 0.609. The van der Waals surface area contributed by atoms with Crippen LogP contribution in [0.15, 0.2) is 36.4 Å². The summed E-state index contributed by atoms with van der Waals surface area (Å²) in [6.45, 7) is 4.06. The van der Waals surface area contributed by atoms with Gasteiger partial charge in [-0.3, -0.25) is 4.79 Å². The van der Waals surface area contributed by atoms with Crippen LogP contribution in [0.2, 0.25) is 0 Å². The zero-order chi connectivity index (χ0) is 13.1. The van der Waals surface area contributed by atoms with Crippen LogP contribution in [0.1, 0.15) is 27.3 Å². The summed E-state index contributed by atoms with van der Waals surface area (Å²) < 4.78 is 1.85. The van der Waals surface area contributed by atoms with Crippen LogP contribution in [-0.4, -0.2) is 16.6 Å². The molecule has 0 aliphatic heterocycles. The molecule has 0 N–H and O–H groups in total. The molecule has 0 unspecified atom stereocenters. The summed E-state index contributed by atoms with van der Waals surface area (Å²) in [7, 11) is 0. The first-order valence-electron chi connectivity index (χ1n) is 5.85. The van der Waals surface area contributed by atoms with Gasteiger partial charge in [0.05, 0.1) is 6.54 Å². The van der Waals surface area contributed by atoms with Gasteiger partial charge in [0.1, 0.15) is 6.29 Å². The van der Waals surface area contributed by atoms with Crippen LogP contribution < -0.4 is 0 Å². The Hall–Kier alpha value is -2.16. The number of aldehydes is 1. The maximum absolute atomic E-state index is 12.3. The van der Waals surface area contributed by atoms with Crippen LogP contribution in [0.3, 0.4) is 0 Å². The van der Waals surface area contributed by atoms with Gasteiger partial charge in [-0.05, 0) is 19.9 Å². The van der Waals surface area contributed by atoms with Crippen LogP contribution in [0.25, 0.3) is 0 Å². The smallest absolute Gasteiger partial charge is 0.194 e. The Morgan fingerprint density at radius 2 is 1.89 bits per heavy atom. The first-order chi connectivity index (χ1) is 8.65. The fourth-order valence-electron chi connectivity index (χ4n) is 2.13. The van der Waals surface area contributed by atoms with Crippen molar-refractivity contribution in [3.05, 3.63) is 58.9 Å². The van der Waals surface area contributed by atoms with Crippen molar-refractivity contribution >= 4 is 12.1 Å². The Morgan fingerprint density at radius 3 is 2.50 bits per heavy atom. The van der Waals surface area contributed by atoms with Crippen LogP contribution in [0.5, 0.6) is 0 Å². The van der Waals surface area contributed by atoms with E-state index in [1.807, 2.05) is 42.7 Å². The minimum absolute atomic E-state index is 0.000786. The fourth-order valence-corrected chi connectivity index (χ4v) is 2.13. The Labute approximate surface area is 106 Å². The molecule has 0 radical (unpaired) electrons. The number of carbonyl (C=O) groups excluding carboxylic acids is 2. The predicted molar refractivity (Wildman–Crippen MR) is 69.8 cm³/mol. The fraction of sp³-hybridized carbons (Fsp3) is 0.200. The third-order valence-electron chi connectivity index (χ3n) is 3.11. The summed E-state index contributed by atoms with van der Waals surface area (Å²) in [4.78, 5) is 23.0. The molecule has 1 aromatic carbocycles. The number of benzene rings is 1. The maximum Gasteiger partial charge on any atom is 0.194 e. The molecule has 2 aromatic rings. The summed E-state index contributed by atoms with van der Waals surface area (Å²) in [5.41, 5.74) is 3.11. The molecule has 0 spiro atoms. The van der Waals surface area contributed by atoms with Gasteiger partial charge in [0.25, 0.3) is 0 Å². The molecule has 0 saturated carbocycles. The number of aryl methyl sites for hydroxylation is 1. The largest absolute Gasteiger partial charge is 0.341 e. The van der Waals surface area contributed by atoms with Crippen LogP contribution in [0.4, 0.5) is 0 Å². The van der Waals surface area contributed by atoms with Gasteiger partial charge in [-0.1, -0.05) is 30.3 Å². The van der Waals surface area contributed by atoms with Crippen molar-refractivity contribution in [1.82, 2.24) is 4.57 Å². The average molecular weight is 241 g/mol. The summed E-state index contributed by atoms with van der Waals surface area (Å²) in [5, 5.41) is 0. The van der Waals surface area contributed by atoms with Gasteiger partial charge in [-0.25, -0.2) is 0 Å². The number of nitrogens with zero attached hydrogens (tertiary/aromatic N) is 1. The summed E-state index contributed by atoms with van der Waals surface area (Å²) in [5.74, 6) is 0.000786. The summed E-state index contributed by atoms with van der Waals surface area (Å²) >= 11 is 0. The number of ketones is 1. The normalized spacial score (nSPS) is 10.3. The number of hydrogen-bond donors (Lipinski definition) is 0. The van der Waals surface area contributed by atoms with E-state index in [1.54, 1.807) is 12.1 Å². The minimum atomic E-state index is 0.000786. The molecule has 1 heterocycles. The molecule has 3 nitrogen and oxygen atoms in total. The van der Waals surface area contributed by atoms with Crippen molar-refractivity contribution in [3.63, 3.8) is 0 Å². The highest BCUT2D eigenvalue weighted by Crippen LogP contribution is 2.18. The standard InChI is InChI=1S/C15H15NO2/c1-11-10-14(12(2)16(11)8-9-17)15(18)13-6-4-3-5-7-13/h3-7,9-10H,8H2,1-2H3. The van der Waals surface area contributed by atoms with Gasteiger partial charge in [0.2, 0.25) is 0 Å². The van der Waals surface area contributed by atoms with E-state index in [9.17, 15) is 9.59 Å². The average Bonchev–Trinajstić information content (AvgIpc) is 2.67. The molecular weight excluding hydrogens is 226 g/mol. The maximum atomic E-state index is 12.3. The molecule has 0 aliphatic rings. The molecule has 0 atom stereocenters. The van der Waals surface area contributed by atoms with E-state index in [-0.39, 0.29) is 5.78 Å². The Bertz CT molecular complexity index is 582. The number of rotatable bonds is 4. The van der Waals surface area contributed by atoms with Crippen molar-refractivity contribution < 1.29 is 9.59 Å². The highest BCUT2D eigenvalue weighted by atomic mass is 16.1. The van der Waals surface area contributed by atoms with Gasteiger partial charge < -0.3 is 9.36 Å². The lowest BCUT2D eigenvalue weighted by molar-refractivity contribution is -0.108. The lowest BCUT2D eigenvalue weighted by Gasteiger charge is -2.05. The molecular formula is C15H15NO2. The topological polar surface area (TPSA) is 39.1 Å². The van der Waals surface area contributed by atoms with E-state index in [2.05, 4.69) is 0 Å². The first-order valence-corrected chi connectivity index (χ1v) is 5.85. The monoisotopic (exact) mass is 241 g/mol. The van der Waals surface area contributed by atoms with E-state index < -0.39 is 0 Å². The first kappa shape index (κ1) is 12.3. The molecule has 18 heavy (non-hydrogen) atoms. The van der Waals surface area contributed by atoms with Crippen LogP contribution >= 0.6 is 0 Å². The number of aromatic nitrogens is 1. The molecule has 0 fully saturated rings. The van der Waals surface area contributed by atoms with Crippen molar-refractivity contribution in [2.45, 2.75) is 20.4 Å². The molecule has 0 amide bonds. The third kappa shape index (κ3) is 2.12. The lowest BCUT2D eigenvalue weighted by atomic mass is 10.0. The SMILES string of the molecule is Cc1cc(C(=O)c2ccccc2)c(C)n1CC=O. The van der Waals surface area contributed by atoms with Crippen molar-refractivity contribution in [2.24, 2.45) is 0 Å². The highest BCUT2D eigenvalue weighted by Gasteiger charge is 2.16. The highest BCUT2D eigenvalue weighted by molar-refractivity contribution is 6.09. The van der Waals surface area contributed by atoms with E-state index >= 15 is 0 Å². The second kappa shape index (κ2) is 5.00. The predicted octanol–water partition coefficient (Wildman–Crippen LogP) is 2.53. The number of hydrogen-bond acceptors (Lipinski definition) is 2.